The van der Waals surface area contributed by atoms with Crippen LogP contribution in [-0.2, 0) is 4.74 Å². The highest BCUT2D eigenvalue weighted by Gasteiger charge is 2.43. The third-order valence-electron chi connectivity index (χ3n) is 5.30. The molecule has 5 atom stereocenters. The van der Waals surface area contributed by atoms with E-state index in [1.807, 2.05) is 6.07 Å². The SMILES string of the molecule is COc1c(OC2OC(C)C(O)C(O)C2O)cc2occ(-c3ccccc3)c(=O)c2c1O. The van der Waals surface area contributed by atoms with Crippen molar-refractivity contribution in [2.45, 2.75) is 37.6 Å². The maximum atomic E-state index is 13.1. The van der Waals surface area contributed by atoms with Crippen LogP contribution in [0.25, 0.3) is 22.1 Å². The number of fused-ring (bicyclic) bond motifs is 1. The zero-order chi connectivity index (χ0) is 22.3. The normalized spacial score (nSPS) is 26.0. The van der Waals surface area contributed by atoms with Crippen molar-refractivity contribution in [3.63, 3.8) is 0 Å². The number of aromatic hydroxyl groups is 1. The second-order valence-corrected chi connectivity index (χ2v) is 7.27. The predicted octanol–water partition coefficient (Wildman–Crippen LogP) is 1.38. The van der Waals surface area contributed by atoms with E-state index in [-0.39, 0.29) is 28.0 Å². The molecule has 9 heteroatoms. The summed E-state index contributed by atoms with van der Waals surface area (Å²) in [5.74, 6) is -0.752. The van der Waals surface area contributed by atoms with E-state index >= 15 is 0 Å². The smallest absolute Gasteiger partial charge is 0.229 e. The summed E-state index contributed by atoms with van der Waals surface area (Å²) in [5.41, 5.74) is 0.445. The Balaban J connectivity index is 1.79. The Kier molecular flexibility index (Phi) is 5.59. The maximum Gasteiger partial charge on any atom is 0.229 e. The monoisotopic (exact) mass is 430 g/mol. The summed E-state index contributed by atoms with van der Waals surface area (Å²) < 4.78 is 21.9. The Morgan fingerprint density at radius 3 is 2.42 bits per heavy atom. The van der Waals surface area contributed by atoms with E-state index in [0.717, 1.165) is 0 Å². The molecule has 0 bridgehead atoms. The number of aliphatic hydroxyl groups is 3. The third kappa shape index (κ3) is 3.61. The van der Waals surface area contributed by atoms with E-state index < -0.39 is 41.9 Å². The number of phenolic OH excluding ortho intramolecular Hbond substituents is 1. The van der Waals surface area contributed by atoms with Crippen LogP contribution in [0.2, 0.25) is 0 Å². The van der Waals surface area contributed by atoms with Crippen molar-refractivity contribution >= 4 is 11.0 Å². The minimum absolute atomic E-state index is 0.0249. The molecule has 164 valence electrons. The maximum absolute atomic E-state index is 13.1. The van der Waals surface area contributed by atoms with Crippen LogP contribution in [0.5, 0.6) is 17.2 Å². The van der Waals surface area contributed by atoms with Gasteiger partial charge in [-0.05, 0) is 12.5 Å². The summed E-state index contributed by atoms with van der Waals surface area (Å²) in [6.07, 6.45) is -5.27. The molecular weight excluding hydrogens is 408 g/mol. The van der Waals surface area contributed by atoms with Gasteiger partial charge in [0.05, 0.1) is 18.8 Å². The Bertz CT molecular complexity index is 1140. The van der Waals surface area contributed by atoms with Gasteiger partial charge < -0.3 is 39.1 Å². The van der Waals surface area contributed by atoms with Gasteiger partial charge in [0, 0.05) is 6.07 Å². The fourth-order valence-electron chi connectivity index (χ4n) is 3.56. The summed E-state index contributed by atoms with van der Waals surface area (Å²) in [7, 11) is 1.27. The van der Waals surface area contributed by atoms with E-state index in [9.17, 15) is 25.2 Å². The van der Waals surface area contributed by atoms with E-state index in [4.69, 9.17) is 18.6 Å². The van der Waals surface area contributed by atoms with Gasteiger partial charge in [0.15, 0.2) is 11.5 Å². The molecule has 0 amide bonds. The van der Waals surface area contributed by atoms with Crippen LogP contribution in [0.4, 0.5) is 0 Å². The first kappa shape index (κ1) is 21.1. The molecule has 0 radical (unpaired) electrons. The van der Waals surface area contributed by atoms with Gasteiger partial charge in [-0.2, -0.15) is 0 Å². The van der Waals surface area contributed by atoms with Crippen LogP contribution in [0, 0.1) is 0 Å². The summed E-state index contributed by atoms with van der Waals surface area (Å²) in [4.78, 5) is 13.1. The molecule has 1 aromatic heterocycles. The van der Waals surface area contributed by atoms with E-state index in [2.05, 4.69) is 0 Å². The second kappa shape index (κ2) is 8.20. The van der Waals surface area contributed by atoms with Crippen molar-refractivity contribution in [3.8, 4) is 28.4 Å². The van der Waals surface area contributed by atoms with Crippen LogP contribution in [-0.4, -0.2) is 58.2 Å². The van der Waals surface area contributed by atoms with E-state index in [1.54, 1.807) is 24.3 Å². The first-order valence-electron chi connectivity index (χ1n) is 9.60. The molecular formula is C22H22O9. The van der Waals surface area contributed by atoms with Crippen LogP contribution < -0.4 is 14.9 Å². The zero-order valence-corrected chi connectivity index (χ0v) is 16.8. The Morgan fingerprint density at radius 1 is 1.03 bits per heavy atom. The molecule has 1 fully saturated rings. The van der Waals surface area contributed by atoms with Gasteiger partial charge in [0.2, 0.25) is 17.5 Å². The van der Waals surface area contributed by atoms with Crippen molar-refractivity contribution in [1.82, 2.24) is 0 Å². The highest BCUT2D eigenvalue weighted by Crippen LogP contribution is 2.43. The number of ether oxygens (including phenoxy) is 3. The molecule has 5 unspecified atom stereocenters. The van der Waals surface area contributed by atoms with Crippen molar-refractivity contribution in [2.75, 3.05) is 7.11 Å². The highest BCUT2D eigenvalue weighted by molar-refractivity contribution is 5.91. The summed E-state index contributed by atoms with van der Waals surface area (Å²) in [6, 6.07) is 10.2. The molecule has 4 N–H and O–H groups in total. The van der Waals surface area contributed by atoms with E-state index in [0.29, 0.717) is 5.56 Å². The summed E-state index contributed by atoms with van der Waals surface area (Å²) >= 11 is 0. The van der Waals surface area contributed by atoms with Crippen molar-refractivity contribution in [1.29, 1.82) is 0 Å². The summed E-state index contributed by atoms with van der Waals surface area (Å²) in [5, 5.41) is 40.7. The van der Waals surface area contributed by atoms with Crippen LogP contribution in [0.15, 0.2) is 51.9 Å². The van der Waals surface area contributed by atoms with Crippen molar-refractivity contribution in [2.24, 2.45) is 0 Å². The van der Waals surface area contributed by atoms with Gasteiger partial charge in [-0.25, -0.2) is 0 Å². The topological polar surface area (TPSA) is 139 Å². The molecule has 0 spiro atoms. The van der Waals surface area contributed by atoms with Gasteiger partial charge in [-0.1, -0.05) is 30.3 Å². The van der Waals surface area contributed by atoms with Gasteiger partial charge in [0.1, 0.15) is 35.5 Å². The predicted molar refractivity (Wildman–Crippen MR) is 109 cm³/mol. The van der Waals surface area contributed by atoms with Crippen LogP contribution in [0.1, 0.15) is 6.92 Å². The number of rotatable bonds is 4. The number of methoxy groups -OCH3 is 1. The Labute approximate surface area is 176 Å². The van der Waals surface area contributed by atoms with Crippen LogP contribution >= 0.6 is 0 Å². The first-order chi connectivity index (χ1) is 14.8. The molecule has 0 saturated carbocycles. The number of benzene rings is 2. The van der Waals surface area contributed by atoms with Crippen LogP contribution in [0.3, 0.4) is 0 Å². The zero-order valence-electron chi connectivity index (χ0n) is 16.8. The average Bonchev–Trinajstić information content (AvgIpc) is 2.77. The number of hydrogen-bond acceptors (Lipinski definition) is 9. The first-order valence-corrected chi connectivity index (χ1v) is 9.60. The molecule has 2 aromatic carbocycles. The number of hydrogen-bond donors (Lipinski definition) is 4. The largest absolute Gasteiger partial charge is 0.504 e. The lowest BCUT2D eigenvalue weighted by molar-refractivity contribution is -0.268. The van der Waals surface area contributed by atoms with Gasteiger partial charge >= 0.3 is 0 Å². The molecule has 1 aliphatic rings. The molecule has 1 saturated heterocycles. The quantitative estimate of drug-likeness (QED) is 0.483. The van der Waals surface area contributed by atoms with Gasteiger partial charge in [0.25, 0.3) is 0 Å². The standard InChI is InChI=1S/C22H22O9/c1-10-16(23)19(26)20(27)22(30-10)31-14-8-13-15(18(25)21(14)28-2)17(24)12(9-29-13)11-6-4-3-5-7-11/h3-10,16,19-20,22-23,25-27H,1-2H3. The lowest BCUT2D eigenvalue weighted by Crippen LogP contribution is -2.58. The molecule has 31 heavy (non-hydrogen) atoms. The molecule has 1 aliphatic heterocycles. The molecule has 0 aliphatic carbocycles. The minimum atomic E-state index is -1.57. The fraction of sp³-hybridized carbons (Fsp3) is 0.318. The number of phenols is 1. The molecule has 9 nitrogen and oxygen atoms in total. The second-order valence-electron chi connectivity index (χ2n) is 7.27. The highest BCUT2D eigenvalue weighted by atomic mass is 16.7. The average molecular weight is 430 g/mol. The fourth-order valence-corrected chi connectivity index (χ4v) is 3.56. The molecule has 4 rings (SSSR count). The Morgan fingerprint density at radius 2 is 1.74 bits per heavy atom. The number of aliphatic hydroxyl groups excluding tert-OH is 3. The Hall–Kier alpha value is -3.11. The molecule has 2 heterocycles. The minimum Gasteiger partial charge on any atom is -0.504 e. The third-order valence-corrected chi connectivity index (χ3v) is 5.30. The summed E-state index contributed by atoms with van der Waals surface area (Å²) in [6.45, 7) is 1.51. The van der Waals surface area contributed by atoms with Crippen molar-refractivity contribution in [3.05, 3.63) is 52.9 Å². The van der Waals surface area contributed by atoms with Gasteiger partial charge in [-0.15, -0.1) is 0 Å². The lowest BCUT2D eigenvalue weighted by Gasteiger charge is -2.39. The van der Waals surface area contributed by atoms with E-state index in [1.165, 1.54) is 26.4 Å². The molecule has 3 aromatic rings. The van der Waals surface area contributed by atoms with Crippen molar-refractivity contribution < 1.29 is 39.1 Å². The van der Waals surface area contributed by atoms with Gasteiger partial charge in [-0.3, -0.25) is 4.79 Å². The lowest BCUT2D eigenvalue weighted by atomic mass is 10.00.